The molecule has 2 atom stereocenters. The van der Waals surface area contributed by atoms with Crippen LogP contribution in [0.5, 0.6) is 5.75 Å². The van der Waals surface area contributed by atoms with Crippen LogP contribution in [0.2, 0.25) is 0 Å². The summed E-state index contributed by atoms with van der Waals surface area (Å²) >= 11 is 1.77. The van der Waals surface area contributed by atoms with Crippen LogP contribution in [0.1, 0.15) is 13.8 Å². The molecule has 1 aromatic carbocycles. The molecule has 0 radical (unpaired) electrons. The van der Waals surface area contributed by atoms with Crippen LogP contribution in [0.3, 0.4) is 0 Å². The number of nitrogens with zero attached hydrogens (tertiary/aromatic N) is 1. The summed E-state index contributed by atoms with van der Waals surface area (Å²) in [5.41, 5.74) is 6.95. The second-order valence-electron chi connectivity index (χ2n) is 5.09. The topological polar surface area (TPSA) is 67.6 Å². The Labute approximate surface area is 131 Å². The summed E-state index contributed by atoms with van der Waals surface area (Å²) in [5, 5.41) is 2.89. The maximum Gasteiger partial charge on any atom is 0.241 e. The molecule has 118 valence electrons. The van der Waals surface area contributed by atoms with Crippen molar-refractivity contribution in [1.29, 1.82) is 0 Å². The van der Waals surface area contributed by atoms with E-state index in [4.69, 9.17) is 10.5 Å². The van der Waals surface area contributed by atoms with E-state index in [0.717, 1.165) is 5.75 Å². The van der Waals surface area contributed by atoms with E-state index < -0.39 is 0 Å². The van der Waals surface area contributed by atoms with Crippen LogP contribution in [0, 0.1) is 0 Å². The van der Waals surface area contributed by atoms with Gasteiger partial charge < -0.3 is 15.8 Å². The van der Waals surface area contributed by atoms with Crippen molar-refractivity contribution in [2.45, 2.75) is 25.9 Å². The van der Waals surface area contributed by atoms with Gasteiger partial charge in [0, 0.05) is 17.5 Å². The zero-order chi connectivity index (χ0) is 16.0. The molecule has 0 aliphatic rings. The fraction of sp³-hybridized carbons (Fsp3) is 0.533. The van der Waals surface area contributed by atoms with Crippen molar-refractivity contribution < 1.29 is 9.53 Å². The summed E-state index contributed by atoms with van der Waals surface area (Å²) in [6, 6.07) is 5.27. The second kappa shape index (κ2) is 8.14. The number of nitrogen functional groups attached to an aromatic ring is 1. The minimum Gasteiger partial charge on any atom is -0.495 e. The molecule has 1 aromatic rings. The average molecular weight is 311 g/mol. The van der Waals surface area contributed by atoms with Gasteiger partial charge in [-0.25, -0.2) is 0 Å². The molecule has 0 heterocycles. The van der Waals surface area contributed by atoms with Crippen LogP contribution in [-0.2, 0) is 4.79 Å². The molecule has 6 heteroatoms. The lowest BCUT2D eigenvalue weighted by Gasteiger charge is -2.29. The van der Waals surface area contributed by atoms with Crippen LogP contribution in [0.15, 0.2) is 18.2 Å². The molecule has 1 amide bonds. The van der Waals surface area contributed by atoms with Gasteiger partial charge in [-0.05, 0) is 45.4 Å². The fourth-order valence-corrected chi connectivity index (χ4v) is 2.70. The molecule has 1 rings (SSSR count). The van der Waals surface area contributed by atoms with Gasteiger partial charge >= 0.3 is 0 Å². The first kappa shape index (κ1) is 17.7. The van der Waals surface area contributed by atoms with Gasteiger partial charge in [-0.3, -0.25) is 9.69 Å². The van der Waals surface area contributed by atoms with E-state index in [1.54, 1.807) is 37.1 Å². The molecule has 0 aromatic heterocycles. The molecule has 0 aliphatic heterocycles. The van der Waals surface area contributed by atoms with Crippen molar-refractivity contribution in [3.05, 3.63) is 18.2 Å². The van der Waals surface area contributed by atoms with Crippen molar-refractivity contribution in [2.75, 3.05) is 37.2 Å². The number of hydrogen-bond donors (Lipinski definition) is 2. The Morgan fingerprint density at radius 1 is 1.48 bits per heavy atom. The maximum absolute atomic E-state index is 12.4. The van der Waals surface area contributed by atoms with E-state index >= 15 is 0 Å². The van der Waals surface area contributed by atoms with Gasteiger partial charge in [0.1, 0.15) is 5.75 Å². The second-order valence-corrected chi connectivity index (χ2v) is 6.01. The number of thioether (sulfide) groups is 1. The van der Waals surface area contributed by atoms with Gasteiger partial charge in [0.2, 0.25) is 5.91 Å². The van der Waals surface area contributed by atoms with Crippen LogP contribution >= 0.6 is 11.8 Å². The number of hydrogen-bond acceptors (Lipinski definition) is 5. The third-order valence-electron chi connectivity index (χ3n) is 3.57. The molecule has 0 saturated heterocycles. The van der Waals surface area contributed by atoms with Gasteiger partial charge in [-0.2, -0.15) is 11.8 Å². The van der Waals surface area contributed by atoms with Crippen LogP contribution in [-0.4, -0.2) is 49.1 Å². The maximum atomic E-state index is 12.4. The van der Waals surface area contributed by atoms with E-state index in [9.17, 15) is 4.79 Å². The van der Waals surface area contributed by atoms with Crippen LogP contribution < -0.4 is 15.8 Å². The van der Waals surface area contributed by atoms with Gasteiger partial charge in [-0.15, -0.1) is 0 Å². The number of rotatable bonds is 7. The monoisotopic (exact) mass is 311 g/mol. The SMILES string of the molecule is COc1ccc(N)cc1NC(=O)C(C)N(C)C(C)CSC. The van der Waals surface area contributed by atoms with Crippen molar-refractivity contribution in [1.82, 2.24) is 4.90 Å². The first-order chi connectivity index (χ1) is 9.90. The Morgan fingerprint density at radius 2 is 2.14 bits per heavy atom. The Morgan fingerprint density at radius 3 is 2.71 bits per heavy atom. The third-order valence-corrected chi connectivity index (χ3v) is 4.39. The van der Waals surface area contributed by atoms with E-state index in [1.807, 2.05) is 14.0 Å². The van der Waals surface area contributed by atoms with Crippen molar-refractivity contribution >= 4 is 29.0 Å². The predicted molar refractivity (Wildman–Crippen MR) is 91.1 cm³/mol. The highest BCUT2D eigenvalue weighted by molar-refractivity contribution is 7.98. The minimum atomic E-state index is -0.238. The highest BCUT2D eigenvalue weighted by Crippen LogP contribution is 2.26. The number of nitrogens with two attached hydrogens (primary N) is 1. The third kappa shape index (κ3) is 4.82. The Kier molecular flexibility index (Phi) is 6.84. The molecule has 3 N–H and O–H groups in total. The van der Waals surface area contributed by atoms with Gasteiger partial charge in [0.25, 0.3) is 0 Å². The Balaban J connectivity index is 2.78. The standard InChI is InChI=1S/C15H25N3O2S/c1-10(9-21-5)18(3)11(2)15(19)17-13-8-12(16)6-7-14(13)20-4/h6-8,10-11H,9,16H2,1-5H3,(H,17,19). The first-order valence-corrected chi connectivity index (χ1v) is 8.25. The lowest BCUT2D eigenvalue weighted by atomic mass is 10.2. The number of carbonyl (C=O) groups is 1. The van der Waals surface area contributed by atoms with Crippen molar-refractivity contribution in [3.8, 4) is 5.75 Å². The highest BCUT2D eigenvalue weighted by Gasteiger charge is 2.22. The summed E-state index contributed by atoms with van der Waals surface area (Å²) in [6.45, 7) is 4.01. The predicted octanol–water partition coefficient (Wildman–Crippen LogP) is 2.29. The quantitative estimate of drug-likeness (QED) is 0.756. The number of carbonyl (C=O) groups excluding carboxylic acids is 1. The zero-order valence-corrected chi connectivity index (χ0v) is 14.2. The number of anilines is 2. The Hall–Kier alpha value is -1.40. The fourth-order valence-electron chi connectivity index (χ4n) is 1.99. The van der Waals surface area contributed by atoms with E-state index in [0.29, 0.717) is 23.2 Å². The molecule has 2 unspecified atom stereocenters. The van der Waals surface area contributed by atoms with E-state index in [-0.39, 0.29) is 11.9 Å². The van der Waals surface area contributed by atoms with Crippen LogP contribution in [0.4, 0.5) is 11.4 Å². The number of benzene rings is 1. The number of ether oxygens (including phenoxy) is 1. The summed E-state index contributed by atoms with van der Waals surface area (Å²) < 4.78 is 5.24. The zero-order valence-electron chi connectivity index (χ0n) is 13.3. The molecular formula is C15H25N3O2S. The molecular weight excluding hydrogens is 286 g/mol. The molecule has 0 spiro atoms. The molecule has 0 aliphatic carbocycles. The molecule has 0 saturated carbocycles. The minimum absolute atomic E-state index is 0.0747. The number of methoxy groups -OCH3 is 1. The number of likely N-dealkylation sites (N-methyl/N-ethyl adjacent to an activating group) is 1. The summed E-state index contributed by atoms with van der Waals surface area (Å²) in [6.07, 6.45) is 2.06. The number of nitrogens with one attached hydrogen (secondary N) is 1. The molecule has 0 bridgehead atoms. The van der Waals surface area contributed by atoms with E-state index in [1.165, 1.54) is 0 Å². The highest BCUT2D eigenvalue weighted by atomic mass is 32.2. The molecule has 0 fully saturated rings. The Bertz CT molecular complexity index is 482. The first-order valence-electron chi connectivity index (χ1n) is 6.86. The lowest BCUT2D eigenvalue weighted by Crippen LogP contribution is -2.45. The van der Waals surface area contributed by atoms with Gasteiger partial charge in [-0.1, -0.05) is 0 Å². The average Bonchev–Trinajstić information content (AvgIpc) is 2.46. The largest absolute Gasteiger partial charge is 0.495 e. The number of amides is 1. The smallest absolute Gasteiger partial charge is 0.241 e. The summed E-state index contributed by atoms with van der Waals surface area (Å²) in [5.74, 6) is 1.51. The van der Waals surface area contributed by atoms with Gasteiger partial charge in [0.15, 0.2) is 0 Å². The summed E-state index contributed by atoms with van der Waals surface area (Å²) in [7, 11) is 3.53. The van der Waals surface area contributed by atoms with Crippen molar-refractivity contribution in [2.24, 2.45) is 0 Å². The van der Waals surface area contributed by atoms with Gasteiger partial charge in [0.05, 0.1) is 18.8 Å². The lowest BCUT2D eigenvalue weighted by molar-refractivity contribution is -0.120. The van der Waals surface area contributed by atoms with Crippen molar-refractivity contribution in [3.63, 3.8) is 0 Å². The normalized spacial score (nSPS) is 13.8. The molecule has 5 nitrogen and oxygen atoms in total. The van der Waals surface area contributed by atoms with Crippen LogP contribution in [0.25, 0.3) is 0 Å². The summed E-state index contributed by atoms with van der Waals surface area (Å²) in [4.78, 5) is 14.4. The molecule has 21 heavy (non-hydrogen) atoms. The van der Waals surface area contributed by atoms with E-state index in [2.05, 4.69) is 23.4 Å².